The molecule has 0 spiro atoms. The Morgan fingerprint density at radius 2 is 1.73 bits per heavy atom. The van der Waals surface area contributed by atoms with Gasteiger partial charge in [0, 0.05) is 82.8 Å². The molecule has 0 aliphatic carbocycles. The largest absolute Gasteiger partial charge is 0.490 e. The summed E-state index contributed by atoms with van der Waals surface area (Å²) in [5.74, 6) is 0.838. The Hall–Kier alpha value is -2.59. The Bertz CT molecular complexity index is 965. The van der Waals surface area contributed by atoms with Crippen molar-refractivity contribution in [2.75, 3.05) is 70.9 Å². The number of rotatable bonds is 6. The first kappa shape index (κ1) is 27.4. The van der Waals surface area contributed by atoms with Crippen LogP contribution in [-0.4, -0.2) is 103 Å². The van der Waals surface area contributed by atoms with Gasteiger partial charge in [0.05, 0.1) is 12.0 Å². The number of nitro benzene ring substituents is 1. The number of anilines is 1. The van der Waals surface area contributed by atoms with Crippen LogP contribution in [0, 0.1) is 23.0 Å². The monoisotopic (exact) mass is 517 g/mol. The maximum absolute atomic E-state index is 12.4. The fourth-order valence-corrected chi connectivity index (χ4v) is 5.93. The van der Waals surface area contributed by atoms with Gasteiger partial charge in [-0.2, -0.15) is 0 Å². The lowest BCUT2D eigenvalue weighted by Crippen LogP contribution is -2.54. The van der Waals surface area contributed by atoms with Gasteiger partial charge in [-0.3, -0.25) is 15.0 Å². The van der Waals surface area contributed by atoms with Crippen LogP contribution in [-0.2, 0) is 4.74 Å². The van der Waals surface area contributed by atoms with Crippen molar-refractivity contribution >= 4 is 17.5 Å². The summed E-state index contributed by atoms with van der Waals surface area (Å²) in [4.78, 5) is 32.7. The standard InChI is InChI=1S/C27H43N5O5/c1-20-16-24(32(34)35)25(36-5)17-23(20)30-10-7-22(8-11-30)29-14-12-28(13-15-29)18-21-6-9-31(19-21)26(33)37-27(2,3)4/h16-17,21-22H,6-15,18-19H2,1-5H3. The molecule has 4 rings (SSSR count). The number of ether oxygens (including phenoxy) is 2. The van der Waals surface area contributed by atoms with Crippen LogP contribution in [0.2, 0.25) is 0 Å². The number of nitro groups is 1. The number of hydrogen-bond donors (Lipinski definition) is 0. The van der Waals surface area contributed by atoms with Gasteiger partial charge in [-0.05, 0) is 58.4 Å². The molecule has 0 bridgehead atoms. The van der Waals surface area contributed by atoms with Crippen molar-refractivity contribution in [3.05, 3.63) is 27.8 Å². The number of piperazine rings is 1. The van der Waals surface area contributed by atoms with Crippen molar-refractivity contribution in [3.63, 3.8) is 0 Å². The van der Waals surface area contributed by atoms with Crippen LogP contribution >= 0.6 is 0 Å². The number of methoxy groups -OCH3 is 1. The van der Waals surface area contributed by atoms with E-state index in [0.717, 1.165) is 89.4 Å². The number of amides is 1. The summed E-state index contributed by atoms with van der Waals surface area (Å²) in [5.41, 5.74) is 1.51. The summed E-state index contributed by atoms with van der Waals surface area (Å²) >= 11 is 0. The van der Waals surface area contributed by atoms with Gasteiger partial charge in [-0.1, -0.05) is 0 Å². The molecule has 1 aromatic carbocycles. The van der Waals surface area contributed by atoms with Gasteiger partial charge in [0.15, 0.2) is 5.75 Å². The molecule has 10 heteroatoms. The summed E-state index contributed by atoms with van der Waals surface area (Å²) < 4.78 is 10.8. The van der Waals surface area contributed by atoms with Gasteiger partial charge < -0.3 is 24.2 Å². The molecule has 1 atom stereocenters. The molecule has 37 heavy (non-hydrogen) atoms. The second kappa shape index (κ2) is 11.4. The minimum absolute atomic E-state index is 0.0201. The molecule has 206 valence electrons. The highest BCUT2D eigenvalue weighted by Crippen LogP contribution is 2.36. The lowest BCUT2D eigenvalue weighted by atomic mass is 10.00. The zero-order valence-electron chi connectivity index (χ0n) is 23.1. The molecular weight excluding hydrogens is 474 g/mol. The predicted octanol–water partition coefficient (Wildman–Crippen LogP) is 3.76. The molecule has 3 heterocycles. The minimum atomic E-state index is -0.449. The maximum Gasteiger partial charge on any atom is 0.410 e. The molecule has 3 aliphatic rings. The first-order chi connectivity index (χ1) is 17.5. The molecule has 1 unspecified atom stereocenters. The smallest absolute Gasteiger partial charge is 0.410 e. The van der Waals surface area contributed by atoms with Crippen molar-refractivity contribution in [1.82, 2.24) is 14.7 Å². The molecule has 0 saturated carbocycles. The van der Waals surface area contributed by atoms with E-state index in [0.29, 0.717) is 17.7 Å². The second-order valence-electron chi connectivity index (χ2n) is 11.7. The Morgan fingerprint density at radius 3 is 2.32 bits per heavy atom. The van der Waals surface area contributed by atoms with Crippen LogP contribution < -0.4 is 9.64 Å². The first-order valence-corrected chi connectivity index (χ1v) is 13.6. The lowest BCUT2D eigenvalue weighted by Gasteiger charge is -2.44. The Morgan fingerprint density at radius 1 is 1.05 bits per heavy atom. The van der Waals surface area contributed by atoms with Gasteiger partial charge in [-0.15, -0.1) is 0 Å². The molecular formula is C27H43N5O5. The second-order valence-corrected chi connectivity index (χ2v) is 11.7. The molecule has 10 nitrogen and oxygen atoms in total. The quantitative estimate of drug-likeness (QED) is 0.416. The maximum atomic E-state index is 12.4. The van der Waals surface area contributed by atoms with E-state index in [4.69, 9.17) is 9.47 Å². The SMILES string of the molecule is COc1cc(N2CCC(N3CCN(CC4CCN(C(=O)OC(C)(C)C)C4)CC3)CC2)c(C)cc1[N+](=O)[O-]. The number of benzene rings is 1. The van der Waals surface area contributed by atoms with Crippen LogP contribution in [0.15, 0.2) is 12.1 Å². The Labute approximate surface area is 220 Å². The Kier molecular flexibility index (Phi) is 8.48. The molecule has 1 aromatic rings. The van der Waals surface area contributed by atoms with Gasteiger partial charge in [0.25, 0.3) is 0 Å². The van der Waals surface area contributed by atoms with E-state index < -0.39 is 5.60 Å². The average molecular weight is 518 g/mol. The Balaban J connectivity index is 1.22. The van der Waals surface area contributed by atoms with Crippen molar-refractivity contribution in [1.29, 1.82) is 0 Å². The summed E-state index contributed by atoms with van der Waals surface area (Å²) in [6.07, 6.45) is 3.04. The molecule has 0 aromatic heterocycles. The number of carbonyl (C=O) groups is 1. The normalized spacial score (nSPS) is 22.4. The molecule has 1 amide bonds. The highest BCUT2D eigenvalue weighted by molar-refractivity contribution is 5.68. The van der Waals surface area contributed by atoms with Gasteiger partial charge in [0.1, 0.15) is 5.60 Å². The number of likely N-dealkylation sites (tertiary alicyclic amines) is 1. The van der Waals surface area contributed by atoms with E-state index in [1.165, 1.54) is 7.11 Å². The summed E-state index contributed by atoms with van der Waals surface area (Å²) in [6.45, 7) is 16.5. The zero-order valence-corrected chi connectivity index (χ0v) is 23.1. The molecule has 3 saturated heterocycles. The third kappa shape index (κ3) is 6.84. The van der Waals surface area contributed by atoms with Crippen LogP contribution in [0.4, 0.5) is 16.2 Å². The van der Waals surface area contributed by atoms with Crippen molar-refractivity contribution in [2.45, 2.75) is 58.6 Å². The van der Waals surface area contributed by atoms with E-state index in [2.05, 4.69) is 14.7 Å². The first-order valence-electron chi connectivity index (χ1n) is 13.6. The van der Waals surface area contributed by atoms with Crippen molar-refractivity contribution in [3.8, 4) is 5.75 Å². The summed E-state index contributed by atoms with van der Waals surface area (Å²) in [7, 11) is 1.48. The highest BCUT2D eigenvalue weighted by Gasteiger charge is 2.33. The zero-order chi connectivity index (χ0) is 26.7. The lowest BCUT2D eigenvalue weighted by molar-refractivity contribution is -0.385. The van der Waals surface area contributed by atoms with Crippen molar-refractivity contribution < 1.29 is 19.2 Å². The van der Waals surface area contributed by atoms with Crippen LogP contribution in [0.3, 0.4) is 0 Å². The van der Waals surface area contributed by atoms with Gasteiger partial charge in [0.2, 0.25) is 0 Å². The number of nitrogens with zero attached hydrogens (tertiary/aromatic N) is 5. The summed E-state index contributed by atoms with van der Waals surface area (Å²) in [5, 5.41) is 11.3. The van der Waals surface area contributed by atoms with Crippen molar-refractivity contribution in [2.24, 2.45) is 5.92 Å². The van der Waals surface area contributed by atoms with Crippen LogP contribution in [0.5, 0.6) is 5.75 Å². The molecule has 0 radical (unpaired) electrons. The van der Waals surface area contributed by atoms with E-state index in [9.17, 15) is 14.9 Å². The third-order valence-corrected chi connectivity index (χ3v) is 7.88. The van der Waals surface area contributed by atoms with Crippen LogP contribution in [0.1, 0.15) is 45.6 Å². The summed E-state index contributed by atoms with van der Waals surface area (Å²) in [6, 6.07) is 4.02. The number of aryl methyl sites for hydroxylation is 1. The third-order valence-electron chi connectivity index (χ3n) is 7.88. The van der Waals surface area contributed by atoms with E-state index in [1.54, 1.807) is 6.07 Å². The topological polar surface area (TPSA) is 91.6 Å². The minimum Gasteiger partial charge on any atom is -0.490 e. The van der Waals surface area contributed by atoms with E-state index in [-0.39, 0.29) is 16.7 Å². The van der Waals surface area contributed by atoms with Crippen LogP contribution in [0.25, 0.3) is 0 Å². The fraction of sp³-hybridized carbons (Fsp3) is 0.741. The molecule has 0 N–H and O–H groups in total. The molecule has 3 aliphatic heterocycles. The van der Waals surface area contributed by atoms with Gasteiger partial charge in [-0.25, -0.2) is 4.79 Å². The number of piperidine rings is 1. The van der Waals surface area contributed by atoms with Gasteiger partial charge >= 0.3 is 11.8 Å². The number of hydrogen-bond acceptors (Lipinski definition) is 8. The highest BCUT2D eigenvalue weighted by atomic mass is 16.6. The van der Waals surface area contributed by atoms with E-state index in [1.807, 2.05) is 38.7 Å². The predicted molar refractivity (Wildman–Crippen MR) is 144 cm³/mol. The average Bonchev–Trinajstić information content (AvgIpc) is 3.32. The fourth-order valence-electron chi connectivity index (χ4n) is 5.93. The van der Waals surface area contributed by atoms with E-state index >= 15 is 0 Å². The molecule has 3 fully saturated rings. The number of carbonyl (C=O) groups excluding carboxylic acids is 1.